The van der Waals surface area contributed by atoms with Gasteiger partial charge < -0.3 is 8.92 Å². The van der Waals surface area contributed by atoms with Crippen molar-refractivity contribution < 1.29 is 30.5 Å². The Kier molecular flexibility index (Phi) is 3.14. The molecule has 18 heavy (non-hydrogen) atoms. The number of rotatable bonds is 2. The standard InChI is InChI=1S/C10H9F3O4S/c11-10(12,13)18(14,15)17-9-5-1-4-8-7(9)3-2-6-16-8/h1,4-5H,2-3,6H2. The molecule has 0 N–H and O–H groups in total. The molecule has 0 unspecified atom stereocenters. The number of halogens is 3. The molecule has 8 heteroatoms. The van der Waals surface area contributed by atoms with Crippen molar-refractivity contribution in [2.24, 2.45) is 0 Å². The van der Waals surface area contributed by atoms with Gasteiger partial charge in [0.25, 0.3) is 0 Å². The highest BCUT2D eigenvalue weighted by Crippen LogP contribution is 2.35. The Balaban J connectivity index is 2.36. The van der Waals surface area contributed by atoms with Gasteiger partial charge in [-0.1, -0.05) is 6.07 Å². The average molecular weight is 282 g/mol. The third kappa shape index (κ3) is 2.38. The molecule has 4 nitrogen and oxygen atoms in total. The van der Waals surface area contributed by atoms with Crippen LogP contribution in [-0.2, 0) is 16.5 Å². The molecular formula is C10H9F3O4S. The van der Waals surface area contributed by atoms with Crippen molar-refractivity contribution in [3.8, 4) is 11.5 Å². The summed E-state index contributed by atoms with van der Waals surface area (Å²) in [6.45, 7) is 0.447. The lowest BCUT2D eigenvalue weighted by Crippen LogP contribution is -2.28. The number of ether oxygens (including phenoxy) is 1. The van der Waals surface area contributed by atoms with Crippen LogP contribution in [0, 0.1) is 0 Å². The van der Waals surface area contributed by atoms with Gasteiger partial charge in [0.1, 0.15) is 11.5 Å². The molecule has 1 aliphatic rings. The molecule has 0 aliphatic carbocycles. The van der Waals surface area contributed by atoms with Gasteiger partial charge in [-0.25, -0.2) is 0 Å². The largest absolute Gasteiger partial charge is 0.534 e. The number of hydrogen-bond acceptors (Lipinski definition) is 4. The lowest BCUT2D eigenvalue weighted by molar-refractivity contribution is -0.0500. The summed E-state index contributed by atoms with van der Waals surface area (Å²) < 4.78 is 67.8. The SMILES string of the molecule is O=S(=O)(Oc1cccc2c1CCCO2)C(F)(F)F. The van der Waals surface area contributed by atoms with Crippen LogP contribution < -0.4 is 8.92 Å². The normalized spacial score (nSPS) is 15.7. The van der Waals surface area contributed by atoms with Crippen molar-refractivity contribution in [1.82, 2.24) is 0 Å². The molecule has 0 amide bonds. The zero-order valence-corrected chi connectivity index (χ0v) is 9.85. The minimum absolute atomic E-state index is 0.329. The van der Waals surface area contributed by atoms with Crippen molar-refractivity contribution >= 4 is 10.1 Å². The molecule has 1 aromatic rings. The van der Waals surface area contributed by atoms with Gasteiger partial charge in [0.2, 0.25) is 0 Å². The van der Waals surface area contributed by atoms with Gasteiger partial charge in [0.05, 0.1) is 6.61 Å². The summed E-state index contributed by atoms with van der Waals surface area (Å²) in [6, 6.07) is 4.11. The molecule has 1 aromatic carbocycles. The van der Waals surface area contributed by atoms with Gasteiger partial charge >= 0.3 is 15.6 Å². The molecule has 0 aromatic heterocycles. The lowest BCUT2D eigenvalue weighted by Gasteiger charge is -2.20. The Labute approximate surface area is 101 Å². The van der Waals surface area contributed by atoms with E-state index in [1.807, 2.05) is 0 Å². The molecule has 1 heterocycles. The molecule has 0 saturated carbocycles. The van der Waals surface area contributed by atoms with Crippen LogP contribution in [0.5, 0.6) is 11.5 Å². The maximum absolute atomic E-state index is 12.2. The number of fused-ring (bicyclic) bond motifs is 1. The molecule has 100 valence electrons. The Hall–Kier alpha value is -1.44. The lowest BCUT2D eigenvalue weighted by atomic mass is 10.1. The third-order valence-corrected chi connectivity index (χ3v) is 3.37. The zero-order chi connectivity index (χ0) is 13.4. The number of benzene rings is 1. The Bertz CT molecular complexity index is 551. The fourth-order valence-electron chi connectivity index (χ4n) is 1.60. The first-order chi connectivity index (χ1) is 8.31. The topological polar surface area (TPSA) is 52.6 Å². The summed E-state index contributed by atoms with van der Waals surface area (Å²) in [7, 11) is -5.64. The highest BCUT2D eigenvalue weighted by molar-refractivity contribution is 7.88. The fraction of sp³-hybridized carbons (Fsp3) is 0.400. The number of alkyl halides is 3. The minimum atomic E-state index is -5.64. The Morgan fingerprint density at radius 1 is 1.28 bits per heavy atom. The Morgan fingerprint density at radius 3 is 2.67 bits per heavy atom. The molecular weight excluding hydrogens is 273 g/mol. The second kappa shape index (κ2) is 4.34. The van der Waals surface area contributed by atoms with Crippen LogP contribution in [0.4, 0.5) is 13.2 Å². The van der Waals surface area contributed by atoms with Gasteiger partial charge in [-0.05, 0) is 25.0 Å². The molecule has 0 atom stereocenters. The van der Waals surface area contributed by atoms with E-state index < -0.39 is 15.6 Å². The number of hydrogen-bond donors (Lipinski definition) is 0. The van der Waals surface area contributed by atoms with Crippen molar-refractivity contribution in [1.29, 1.82) is 0 Å². The molecule has 2 rings (SSSR count). The smallest absolute Gasteiger partial charge is 0.493 e. The van der Waals surface area contributed by atoms with Gasteiger partial charge in [-0.2, -0.15) is 21.6 Å². The maximum atomic E-state index is 12.2. The van der Waals surface area contributed by atoms with E-state index in [0.29, 0.717) is 30.8 Å². The molecule has 0 fully saturated rings. The molecule has 0 radical (unpaired) electrons. The summed E-state index contributed by atoms with van der Waals surface area (Å²) in [5.41, 5.74) is -5.10. The molecule has 0 saturated heterocycles. The van der Waals surface area contributed by atoms with Crippen molar-refractivity contribution in [2.75, 3.05) is 6.61 Å². The quantitative estimate of drug-likeness (QED) is 0.616. The summed E-state index contributed by atoms with van der Waals surface area (Å²) in [5.74, 6) is 0.0284. The first-order valence-corrected chi connectivity index (χ1v) is 6.47. The molecule has 0 bridgehead atoms. The second-order valence-electron chi connectivity index (χ2n) is 3.67. The second-order valence-corrected chi connectivity index (χ2v) is 5.21. The van der Waals surface area contributed by atoms with E-state index in [-0.39, 0.29) is 5.75 Å². The molecule has 0 spiro atoms. The van der Waals surface area contributed by atoms with Crippen LogP contribution in [0.1, 0.15) is 12.0 Å². The predicted molar refractivity (Wildman–Crippen MR) is 55.9 cm³/mol. The van der Waals surface area contributed by atoms with Crippen molar-refractivity contribution in [2.45, 2.75) is 18.3 Å². The van der Waals surface area contributed by atoms with E-state index in [1.54, 1.807) is 6.07 Å². The van der Waals surface area contributed by atoms with Crippen LogP contribution in [0.25, 0.3) is 0 Å². The zero-order valence-electron chi connectivity index (χ0n) is 9.03. The highest BCUT2D eigenvalue weighted by atomic mass is 32.2. The monoisotopic (exact) mass is 282 g/mol. The van der Waals surface area contributed by atoms with Crippen LogP contribution in [-0.4, -0.2) is 20.5 Å². The van der Waals surface area contributed by atoms with Crippen LogP contribution in [0.2, 0.25) is 0 Å². The van der Waals surface area contributed by atoms with Crippen LogP contribution >= 0.6 is 0 Å². The first-order valence-electron chi connectivity index (χ1n) is 5.07. The third-order valence-electron chi connectivity index (χ3n) is 2.40. The van der Waals surface area contributed by atoms with E-state index in [4.69, 9.17) is 4.74 Å². The van der Waals surface area contributed by atoms with E-state index in [0.717, 1.165) is 0 Å². The van der Waals surface area contributed by atoms with Crippen LogP contribution in [0.3, 0.4) is 0 Å². The van der Waals surface area contributed by atoms with Crippen LogP contribution in [0.15, 0.2) is 18.2 Å². The molecule has 1 aliphatic heterocycles. The summed E-state index contributed by atoms with van der Waals surface area (Å²) >= 11 is 0. The van der Waals surface area contributed by atoms with Gasteiger partial charge in [-0.15, -0.1) is 0 Å². The summed E-state index contributed by atoms with van der Waals surface area (Å²) in [4.78, 5) is 0. The predicted octanol–water partition coefficient (Wildman–Crippen LogP) is 2.24. The van der Waals surface area contributed by atoms with E-state index >= 15 is 0 Å². The van der Waals surface area contributed by atoms with Gasteiger partial charge in [-0.3, -0.25) is 0 Å². The highest BCUT2D eigenvalue weighted by Gasteiger charge is 2.48. The first kappa shape index (κ1) is 13.0. The average Bonchev–Trinajstić information content (AvgIpc) is 2.27. The van der Waals surface area contributed by atoms with E-state index in [9.17, 15) is 21.6 Å². The minimum Gasteiger partial charge on any atom is -0.493 e. The summed E-state index contributed by atoms with van der Waals surface area (Å²) in [5, 5.41) is 0. The van der Waals surface area contributed by atoms with Crippen molar-refractivity contribution in [3.63, 3.8) is 0 Å². The maximum Gasteiger partial charge on any atom is 0.534 e. The van der Waals surface area contributed by atoms with Gasteiger partial charge in [0.15, 0.2) is 0 Å². The van der Waals surface area contributed by atoms with E-state index in [1.165, 1.54) is 12.1 Å². The fourth-order valence-corrected chi connectivity index (χ4v) is 2.09. The van der Waals surface area contributed by atoms with Crippen molar-refractivity contribution in [3.05, 3.63) is 23.8 Å². The van der Waals surface area contributed by atoms with E-state index in [2.05, 4.69) is 4.18 Å². The summed E-state index contributed by atoms with van der Waals surface area (Å²) in [6.07, 6.45) is 1.01. The Morgan fingerprint density at radius 2 is 2.00 bits per heavy atom. The van der Waals surface area contributed by atoms with Gasteiger partial charge in [0, 0.05) is 5.56 Å².